The smallest absolute Gasteiger partial charge is 0.416 e. The molecule has 2 rings (SSSR count). The van der Waals surface area contributed by atoms with Gasteiger partial charge in [0, 0.05) is 14.1 Å². The summed E-state index contributed by atoms with van der Waals surface area (Å²) in [5.74, 6) is -0.153. The van der Waals surface area contributed by atoms with Crippen molar-refractivity contribution in [2.24, 2.45) is 7.05 Å². The molecule has 0 aliphatic heterocycles. The van der Waals surface area contributed by atoms with E-state index in [0.717, 1.165) is 17.2 Å². The van der Waals surface area contributed by atoms with Crippen LogP contribution in [0.2, 0.25) is 0 Å². The maximum absolute atomic E-state index is 12.5. The van der Waals surface area contributed by atoms with Crippen LogP contribution in [0.3, 0.4) is 0 Å². The fourth-order valence-corrected chi connectivity index (χ4v) is 1.96. The zero-order valence-corrected chi connectivity index (χ0v) is 13.3. The second kappa shape index (κ2) is 6.91. The first-order chi connectivity index (χ1) is 11.2. The second-order valence-corrected chi connectivity index (χ2v) is 4.92. The fraction of sp³-hybridized carbons (Fsp3) is 0.333. The first-order valence-corrected chi connectivity index (χ1v) is 6.87. The van der Waals surface area contributed by atoms with Crippen molar-refractivity contribution in [2.45, 2.75) is 12.8 Å². The van der Waals surface area contributed by atoms with E-state index in [1.165, 1.54) is 37.2 Å². The number of hydrogen-bond acceptors (Lipinski definition) is 4. The molecule has 0 unspecified atom stereocenters. The molecule has 0 bridgehead atoms. The normalized spacial score (nSPS) is 11.4. The Labute approximate surface area is 136 Å². The van der Waals surface area contributed by atoms with Gasteiger partial charge in [-0.1, -0.05) is 0 Å². The van der Waals surface area contributed by atoms with Gasteiger partial charge < -0.3 is 4.74 Å². The van der Waals surface area contributed by atoms with Gasteiger partial charge in [-0.3, -0.25) is 14.3 Å². The van der Waals surface area contributed by atoms with Crippen LogP contribution in [0, 0.1) is 0 Å². The van der Waals surface area contributed by atoms with E-state index in [9.17, 15) is 18.0 Å². The molecule has 6 nitrogen and oxygen atoms in total. The second-order valence-electron chi connectivity index (χ2n) is 4.92. The molecule has 0 saturated heterocycles. The molecule has 0 radical (unpaired) electrons. The van der Waals surface area contributed by atoms with Crippen molar-refractivity contribution in [2.75, 3.05) is 14.2 Å². The summed E-state index contributed by atoms with van der Waals surface area (Å²) in [6.07, 6.45) is -3.02. The molecule has 0 fully saturated rings. The zero-order chi connectivity index (χ0) is 17.9. The van der Waals surface area contributed by atoms with Crippen molar-refractivity contribution in [1.82, 2.24) is 14.8 Å². The maximum Gasteiger partial charge on any atom is 0.416 e. The number of hydrogen-bond donors (Lipinski definition) is 0. The molecule has 0 N–H and O–H groups in total. The van der Waals surface area contributed by atoms with Gasteiger partial charge in [0.15, 0.2) is 0 Å². The van der Waals surface area contributed by atoms with Gasteiger partial charge in [0.25, 0.3) is 5.91 Å². The first kappa shape index (κ1) is 17.8. The fourth-order valence-electron chi connectivity index (χ4n) is 1.96. The number of alkyl halides is 3. The summed E-state index contributed by atoms with van der Waals surface area (Å²) >= 11 is 0. The van der Waals surface area contributed by atoms with Gasteiger partial charge in [-0.05, 0) is 24.3 Å². The van der Waals surface area contributed by atoms with E-state index in [0.29, 0.717) is 5.69 Å². The molecule has 1 aromatic heterocycles. The first-order valence-electron chi connectivity index (χ1n) is 6.87. The molecular weight excluding hydrogens is 327 g/mol. The minimum absolute atomic E-state index is 0.0273. The van der Waals surface area contributed by atoms with E-state index in [1.54, 1.807) is 7.05 Å². The molecule has 0 spiro atoms. The van der Waals surface area contributed by atoms with Gasteiger partial charge in [-0.15, -0.1) is 0 Å². The average molecular weight is 343 g/mol. The van der Waals surface area contributed by atoms with E-state index < -0.39 is 17.6 Å². The lowest BCUT2D eigenvalue weighted by molar-refractivity contribution is -0.137. The number of aryl methyl sites for hydroxylation is 1. The molecule has 1 aromatic carbocycles. The minimum atomic E-state index is -4.40. The van der Waals surface area contributed by atoms with Gasteiger partial charge in [-0.2, -0.15) is 18.3 Å². The summed E-state index contributed by atoms with van der Waals surface area (Å²) < 4.78 is 44.5. The summed E-state index contributed by atoms with van der Waals surface area (Å²) in [6, 6.07) is 4.32. The highest BCUT2D eigenvalue weighted by molar-refractivity contribution is 5.94. The molecule has 24 heavy (non-hydrogen) atoms. The van der Waals surface area contributed by atoms with Gasteiger partial charge in [-0.25, -0.2) is 5.06 Å². The number of benzene rings is 1. The van der Waals surface area contributed by atoms with Crippen LogP contribution in [-0.2, 0) is 24.7 Å². The van der Waals surface area contributed by atoms with E-state index in [1.807, 2.05) is 0 Å². The van der Waals surface area contributed by atoms with Crippen LogP contribution in [0.1, 0.15) is 21.6 Å². The summed E-state index contributed by atoms with van der Waals surface area (Å²) in [5, 5.41) is 5.04. The van der Waals surface area contributed by atoms with E-state index in [4.69, 9.17) is 9.57 Å². The predicted octanol–water partition coefficient (Wildman–Crippen LogP) is 2.65. The lowest BCUT2D eigenvalue weighted by Gasteiger charge is -2.14. The van der Waals surface area contributed by atoms with Crippen LogP contribution in [0.15, 0.2) is 30.5 Å². The topological polar surface area (TPSA) is 56.6 Å². The van der Waals surface area contributed by atoms with Crippen LogP contribution < -0.4 is 4.74 Å². The van der Waals surface area contributed by atoms with Crippen LogP contribution in [0.5, 0.6) is 5.75 Å². The molecular formula is C15H16F3N3O3. The third kappa shape index (κ3) is 3.85. The monoisotopic (exact) mass is 343 g/mol. The summed E-state index contributed by atoms with van der Waals surface area (Å²) in [6.45, 7) is -0.0273. The summed E-state index contributed by atoms with van der Waals surface area (Å²) in [5.41, 5.74) is 0.00512. The molecule has 0 saturated carbocycles. The Bertz CT molecular complexity index is 711. The van der Waals surface area contributed by atoms with Crippen molar-refractivity contribution in [3.63, 3.8) is 0 Å². The molecule has 130 valence electrons. The van der Waals surface area contributed by atoms with Gasteiger partial charge >= 0.3 is 6.18 Å². The third-order valence-corrected chi connectivity index (χ3v) is 3.41. The predicted molar refractivity (Wildman–Crippen MR) is 78.1 cm³/mol. The summed E-state index contributed by atoms with van der Waals surface area (Å²) in [4.78, 5) is 17.0. The van der Waals surface area contributed by atoms with Crippen LogP contribution in [0.25, 0.3) is 0 Å². The van der Waals surface area contributed by atoms with E-state index in [-0.39, 0.29) is 17.9 Å². The molecule has 2 aromatic rings. The SMILES string of the molecule is CON(C)C(=O)c1cnn(C)c1COc1ccc(C(F)(F)F)cc1. The maximum atomic E-state index is 12.5. The van der Waals surface area contributed by atoms with E-state index >= 15 is 0 Å². The highest BCUT2D eigenvalue weighted by atomic mass is 19.4. The van der Waals surface area contributed by atoms with Gasteiger partial charge in [0.05, 0.1) is 30.1 Å². The molecule has 0 aliphatic carbocycles. The Kier molecular flexibility index (Phi) is 5.13. The minimum Gasteiger partial charge on any atom is -0.487 e. The largest absolute Gasteiger partial charge is 0.487 e. The molecule has 1 heterocycles. The molecule has 1 amide bonds. The third-order valence-electron chi connectivity index (χ3n) is 3.41. The number of rotatable bonds is 5. The Morgan fingerprint density at radius 2 is 1.92 bits per heavy atom. The number of aromatic nitrogens is 2. The van der Waals surface area contributed by atoms with Crippen molar-refractivity contribution in [1.29, 1.82) is 0 Å². The Hall–Kier alpha value is -2.55. The lowest BCUT2D eigenvalue weighted by Crippen LogP contribution is -2.26. The van der Waals surface area contributed by atoms with E-state index in [2.05, 4.69) is 5.10 Å². The number of ether oxygens (including phenoxy) is 1. The van der Waals surface area contributed by atoms with Crippen molar-refractivity contribution < 1.29 is 27.5 Å². The zero-order valence-electron chi connectivity index (χ0n) is 13.3. The molecule has 0 aliphatic rings. The van der Waals surface area contributed by atoms with Crippen LogP contribution in [-0.4, -0.2) is 34.9 Å². The van der Waals surface area contributed by atoms with Crippen molar-refractivity contribution in [3.8, 4) is 5.75 Å². The molecule has 9 heteroatoms. The Morgan fingerprint density at radius 1 is 1.29 bits per heavy atom. The van der Waals surface area contributed by atoms with Crippen LogP contribution >= 0.6 is 0 Å². The van der Waals surface area contributed by atoms with Crippen molar-refractivity contribution >= 4 is 5.91 Å². The van der Waals surface area contributed by atoms with Crippen molar-refractivity contribution in [3.05, 3.63) is 47.3 Å². The average Bonchev–Trinajstić information content (AvgIpc) is 2.91. The highest BCUT2D eigenvalue weighted by Gasteiger charge is 2.30. The standard InChI is InChI=1S/C15H16F3N3O3/c1-20-13(12(8-19-20)14(22)21(2)23-3)9-24-11-6-4-10(5-7-11)15(16,17)18/h4-8H,9H2,1-3H3. The quantitative estimate of drug-likeness (QED) is 0.783. The van der Waals surface area contributed by atoms with Gasteiger partial charge in [0.2, 0.25) is 0 Å². The number of carbonyl (C=O) groups is 1. The van der Waals surface area contributed by atoms with Gasteiger partial charge in [0.1, 0.15) is 12.4 Å². The number of amides is 1. The molecule has 0 atom stereocenters. The highest BCUT2D eigenvalue weighted by Crippen LogP contribution is 2.30. The summed E-state index contributed by atoms with van der Waals surface area (Å²) in [7, 11) is 4.44. The Morgan fingerprint density at radius 3 is 2.46 bits per heavy atom. The number of carbonyl (C=O) groups excluding carboxylic acids is 1. The number of nitrogens with zero attached hydrogens (tertiary/aromatic N) is 3. The number of halogens is 3. The lowest BCUT2D eigenvalue weighted by atomic mass is 10.2. The number of hydroxylamine groups is 2. The van der Waals surface area contributed by atoms with Crippen LogP contribution in [0.4, 0.5) is 13.2 Å². The Balaban J connectivity index is 2.12.